The second-order valence-corrected chi connectivity index (χ2v) is 5.31. The molecule has 0 aliphatic carbocycles. The average Bonchev–Trinajstić information content (AvgIpc) is 2.39. The third kappa shape index (κ3) is 3.36. The van der Waals surface area contributed by atoms with Crippen molar-refractivity contribution in [3.05, 3.63) is 69.7 Å². The van der Waals surface area contributed by atoms with Crippen molar-refractivity contribution in [3.63, 3.8) is 0 Å². The molecule has 19 heavy (non-hydrogen) atoms. The molecule has 1 unspecified atom stereocenters. The molecule has 0 aliphatic rings. The van der Waals surface area contributed by atoms with Crippen LogP contribution in [0.25, 0.3) is 0 Å². The Morgan fingerprint density at radius 1 is 1.16 bits per heavy atom. The summed E-state index contributed by atoms with van der Waals surface area (Å²) in [6.07, 6.45) is 0.727. The van der Waals surface area contributed by atoms with E-state index in [0.29, 0.717) is 5.02 Å². The topological polar surface area (TPSA) is 23.8 Å². The highest BCUT2D eigenvalue weighted by Gasteiger charge is 2.13. The molecule has 0 bridgehead atoms. The van der Waals surface area contributed by atoms with Crippen LogP contribution in [0.3, 0.4) is 0 Å². The van der Waals surface area contributed by atoms with E-state index in [2.05, 4.69) is 38.1 Å². The lowest BCUT2D eigenvalue weighted by Gasteiger charge is -2.12. The summed E-state index contributed by atoms with van der Waals surface area (Å²) in [7, 11) is 0. The SMILES string of the molecule is Cc1ccc(C)c(CC(C#N)c2cccc(Cl)c2)c1. The standard InChI is InChI=1S/C17H16ClN/c1-12-6-7-13(2)15(8-12)9-16(11-19)14-4-3-5-17(18)10-14/h3-8,10,16H,9H2,1-2H3. The Morgan fingerprint density at radius 3 is 2.63 bits per heavy atom. The minimum absolute atomic E-state index is 0.154. The predicted molar refractivity (Wildman–Crippen MR) is 79.4 cm³/mol. The highest BCUT2D eigenvalue weighted by molar-refractivity contribution is 6.30. The molecule has 96 valence electrons. The molecular weight excluding hydrogens is 254 g/mol. The summed E-state index contributed by atoms with van der Waals surface area (Å²) in [5.74, 6) is -0.154. The Bertz CT molecular complexity index is 625. The van der Waals surface area contributed by atoms with Crippen LogP contribution in [0.5, 0.6) is 0 Å². The van der Waals surface area contributed by atoms with Gasteiger partial charge in [-0.05, 0) is 49.1 Å². The lowest BCUT2D eigenvalue weighted by atomic mass is 9.90. The van der Waals surface area contributed by atoms with E-state index in [1.165, 1.54) is 16.7 Å². The molecule has 0 amide bonds. The van der Waals surface area contributed by atoms with Crippen molar-refractivity contribution in [2.24, 2.45) is 0 Å². The summed E-state index contributed by atoms with van der Waals surface area (Å²) >= 11 is 6.00. The summed E-state index contributed by atoms with van der Waals surface area (Å²) in [4.78, 5) is 0. The lowest BCUT2D eigenvalue weighted by molar-refractivity contribution is 0.842. The maximum Gasteiger partial charge on any atom is 0.0753 e. The monoisotopic (exact) mass is 269 g/mol. The molecule has 0 fully saturated rings. The molecule has 0 saturated carbocycles. The molecule has 2 aromatic carbocycles. The number of nitriles is 1. The predicted octanol–water partition coefficient (Wildman–Crippen LogP) is 4.81. The van der Waals surface area contributed by atoms with E-state index < -0.39 is 0 Å². The Labute approximate surface area is 119 Å². The fourth-order valence-electron chi connectivity index (χ4n) is 2.20. The van der Waals surface area contributed by atoms with Gasteiger partial charge in [0.15, 0.2) is 0 Å². The zero-order chi connectivity index (χ0) is 13.8. The molecule has 1 nitrogen and oxygen atoms in total. The fourth-order valence-corrected chi connectivity index (χ4v) is 2.40. The Hall–Kier alpha value is -1.78. The minimum atomic E-state index is -0.154. The smallest absolute Gasteiger partial charge is 0.0753 e. The van der Waals surface area contributed by atoms with Crippen LogP contribution in [-0.2, 0) is 6.42 Å². The number of nitrogens with zero attached hydrogens (tertiary/aromatic N) is 1. The first-order chi connectivity index (χ1) is 9.10. The Morgan fingerprint density at radius 2 is 1.95 bits per heavy atom. The Kier molecular flexibility index (Phi) is 4.24. The molecule has 2 heteroatoms. The van der Waals surface area contributed by atoms with E-state index >= 15 is 0 Å². The molecule has 2 aromatic rings. The van der Waals surface area contributed by atoms with E-state index in [-0.39, 0.29) is 5.92 Å². The third-order valence-electron chi connectivity index (χ3n) is 3.34. The van der Waals surface area contributed by atoms with Gasteiger partial charge in [-0.15, -0.1) is 0 Å². The van der Waals surface area contributed by atoms with Crippen LogP contribution in [0.4, 0.5) is 0 Å². The average molecular weight is 270 g/mol. The molecule has 2 rings (SSSR count). The molecular formula is C17H16ClN. The van der Waals surface area contributed by atoms with Gasteiger partial charge in [-0.2, -0.15) is 5.26 Å². The quantitative estimate of drug-likeness (QED) is 0.785. The van der Waals surface area contributed by atoms with Crippen LogP contribution < -0.4 is 0 Å². The van der Waals surface area contributed by atoms with Crippen molar-refractivity contribution < 1.29 is 0 Å². The second-order valence-electron chi connectivity index (χ2n) is 4.87. The first-order valence-corrected chi connectivity index (χ1v) is 6.69. The van der Waals surface area contributed by atoms with Gasteiger partial charge in [0.05, 0.1) is 12.0 Å². The molecule has 0 spiro atoms. The number of halogens is 1. The van der Waals surface area contributed by atoms with Crippen LogP contribution in [0.15, 0.2) is 42.5 Å². The fraction of sp³-hybridized carbons (Fsp3) is 0.235. The van der Waals surface area contributed by atoms with Gasteiger partial charge in [0.2, 0.25) is 0 Å². The number of hydrogen-bond donors (Lipinski definition) is 0. The summed E-state index contributed by atoms with van der Waals surface area (Å²) in [6, 6.07) is 16.3. The zero-order valence-corrected chi connectivity index (χ0v) is 11.9. The molecule has 0 aliphatic heterocycles. The van der Waals surface area contributed by atoms with Crippen LogP contribution in [0, 0.1) is 25.2 Å². The van der Waals surface area contributed by atoms with Crippen molar-refractivity contribution in [1.29, 1.82) is 5.26 Å². The van der Waals surface area contributed by atoms with E-state index in [0.717, 1.165) is 12.0 Å². The maximum atomic E-state index is 9.40. The van der Waals surface area contributed by atoms with Gasteiger partial charge in [0.25, 0.3) is 0 Å². The van der Waals surface area contributed by atoms with Crippen LogP contribution >= 0.6 is 11.6 Å². The van der Waals surface area contributed by atoms with E-state index in [1.807, 2.05) is 24.3 Å². The summed E-state index contributed by atoms with van der Waals surface area (Å²) in [5.41, 5.74) is 4.67. The highest BCUT2D eigenvalue weighted by atomic mass is 35.5. The van der Waals surface area contributed by atoms with Crippen LogP contribution in [-0.4, -0.2) is 0 Å². The molecule has 0 saturated heterocycles. The highest BCUT2D eigenvalue weighted by Crippen LogP contribution is 2.24. The molecule has 1 atom stereocenters. The lowest BCUT2D eigenvalue weighted by Crippen LogP contribution is -2.02. The molecule has 0 radical (unpaired) electrons. The first kappa shape index (κ1) is 13.6. The zero-order valence-electron chi connectivity index (χ0n) is 11.2. The van der Waals surface area contributed by atoms with Crippen molar-refractivity contribution >= 4 is 11.6 Å². The molecule has 0 heterocycles. The Balaban J connectivity index is 2.30. The third-order valence-corrected chi connectivity index (χ3v) is 3.57. The van der Waals surface area contributed by atoms with Gasteiger partial charge < -0.3 is 0 Å². The van der Waals surface area contributed by atoms with Gasteiger partial charge in [-0.3, -0.25) is 0 Å². The van der Waals surface area contributed by atoms with Crippen LogP contribution in [0.2, 0.25) is 5.02 Å². The van der Waals surface area contributed by atoms with Gasteiger partial charge in [0, 0.05) is 5.02 Å². The number of rotatable bonds is 3. The van der Waals surface area contributed by atoms with E-state index in [4.69, 9.17) is 11.6 Å². The van der Waals surface area contributed by atoms with Gasteiger partial charge in [0.1, 0.15) is 0 Å². The summed E-state index contributed by atoms with van der Waals surface area (Å²) in [6.45, 7) is 4.16. The normalized spacial score (nSPS) is 11.9. The van der Waals surface area contributed by atoms with Crippen molar-refractivity contribution in [1.82, 2.24) is 0 Å². The van der Waals surface area contributed by atoms with E-state index in [1.54, 1.807) is 0 Å². The number of benzene rings is 2. The molecule has 0 aromatic heterocycles. The van der Waals surface area contributed by atoms with Crippen molar-refractivity contribution in [3.8, 4) is 6.07 Å². The summed E-state index contributed by atoms with van der Waals surface area (Å²) < 4.78 is 0. The van der Waals surface area contributed by atoms with Gasteiger partial charge in [-0.25, -0.2) is 0 Å². The van der Waals surface area contributed by atoms with Gasteiger partial charge in [-0.1, -0.05) is 47.5 Å². The van der Waals surface area contributed by atoms with Gasteiger partial charge >= 0.3 is 0 Å². The van der Waals surface area contributed by atoms with Crippen molar-refractivity contribution in [2.45, 2.75) is 26.2 Å². The van der Waals surface area contributed by atoms with E-state index in [9.17, 15) is 5.26 Å². The largest absolute Gasteiger partial charge is 0.198 e. The second kappa shape index (κ2) is 5.91. The number of hydrogen-bond acceptors (Lipinski definition) is 1. The number of aryl methyl sites for hydroxylation is 2. The van der Waals surface area contributed by atoms with Crippen molar-refractivity contribution in [2.75, 3.05) is 0 Å². The summed E-state index contributed by atoms with van der Waals surface area (Å²) in [5, 5.41) is 10.1. The van der Waals surface area contributed by atoms with Crippen LogP contribution in [0.1, 0.15) is 28.2 Å². The maximum absolute atomic E-state index is 9.40. The first-order valence-electron chi connectivity index (χ1n) is 6.31. The minimum Gasteiger partial charge on any atom is -0.198 e. The molecule has 0 N–H and O–H groups in total.